The zero-order valence-corrected chi connectivity index (χ0v) is 10.4. The molecule has 1 aromatic heterocycles. The van der Waals surface area contributed by atoms with Gasteiger partial charge in [0.25, 0.3) is 0 Å². The maximum atomic E-state index is 13.6. The molecule has 19 heavy (non-hydrogen) atoms. The Hall–Kier alpha value is -2.14. The van der Waals surface area contributed by atoms with Crippen molar-refractivity contribution in [2.45, 2.75) is 6.61 Å². The second-order valence-electron chi connectivity index (χ2n) is 3.68. The lowest BCUT2D eigenvalue weighted by molar-refractivity contribution is 0.0691. The smallest absolute Gasteiger partial charge is 0.339 e. The molecule has 1 heterocycles. The van der Waals surface area contributed by atoms with Crippen molar-refractivity contribution in [3.8, 4) is 5.75 Å². The van der Waals surface area contributed by atoms with E-state index in [1.807, 2.05) is 0 Å². The van der Waals surface area contributed by atoms with Crippen LogP contribution in [0.25, 0.3) is 0 Å². The van der Waals surface area contributed by atoms with Crippen LogP contribution < -0.4 is 4.74 Å². The molecule has 0 fully saturated rings. The molecule has 1 N–H and O–H groups in total. The lowest BCUT2D eigenvalue weighted by Gasteiger charge is -2.09. The first-order valence-corrected chi connectivity index (χ1v) is 5.70. The highest BCUT2D eigenvalue weighted by Crippen LogP contribution is 2.21. The number of hydrogen-bond donors (Lipinski definition) is 1. The van der Waals surface area contributed by atoms with Gasteiger partial charge in [-0.25, -0.2) is 9.18 Å². The highest BCUT2D eigenvalue weighted by Gasteiger charge is 2.12. The summed E-state index contributed by atoms with van der Waals surface area (Å²) in [4.78, 5) is 14.7. The number of carbonyl (C=O) groups is 1. The van der Waals surface area contributed by atoms with E-state index < -0.39 is 11.8 Å². The van der Waals surface area contributed by atoms with E-state index in [2.05, 4.69) is 4.98 Å². The topological polar surface area (TPSA) is 59.4 Å². The Labute approximate surface area is 113 Å². The standard InChI is InChI=1S/C13H9ClFNO3/c14-10-3-1-2-8(12(10)15)7-19-11-6-16-5-4-9(11)13(17)18/h1-6H,7H2,(H,17,18). The highest BCUT2D eigenvalue weighted by molar-refractivity contribution is 6.30. The van der Waals surface area contributed by atoms with Gasteiger partial charge in [-0.05, 0) is 12.1 Å². The Balaban J connectivity index is 2.19. The van der Waals surface area contributed by atoms with Crippen molar-refractivity contribution in [1.29, 1.82) is 0 Å². The highest BCUT2D eigenvalue weighted by atomic mass is 35.5. The van der Waals surface area contributed by atoms with Crippen LogP contribution in [0.4, 0.5) is 4.39 Å². The summed E-state index contributed by atoms with van der Waals surface area (Å²) in [5, 5.41) is 8.95. The van der Waals surface area contributed by atoms with Gasteiger partial charge >= 0.3 is 5.97 Å². The molecule has 98 valence electrons. The first-order chi connectivity index (χ1) is 9.09. The van der Waals surface area contributed by atoms with E-state index in [1.165, 1.54) is 30.6 Å². The van der Waals surface area contributed by atoms with Gasteiger partial charge in [-0.15, -0.1) is 0 Å². The third kappa shape index (κ3) is 3.00. The third-order valence-electron chi connectivity index (χ3n) is 2.43. The molecule has 0 saturated heterocycles. The van der Waals surface area contributed by atoms with Crippen molar-refractivity contribution in [1.82, 2.24) is 4.98 Å². The zero-order chi connectivity index (χ0) is 13.8. The second kappa shape index (κ2) is 5.67. The van der Waals surface area contributed by atoms with Gasteiger partial charge in [-0.3, -0.25) is 4.98 Å². The molecule has 2 aromatic rings. The molecule has 0 saturated carbocycles. The molecule has 0 aliphatic heterocycles. The fraction of sp³-hybridized carbons (Fsp3) is 0.0769. The molecule has 0 atom stereocenters. The quantitative estimate of drug-likeness (QED) is 0.935. The van der Waals surface area contributed by atoms with Gasteiger partial charge in [-0.1, -0.05) is 23.7 Å². The van der Waals surface area contributed by atoms with Crippen molar-refractivity contribution in [2.75, 3.05) is 0 Å². The summed E-state index contributed by atoms with van der Waals surface area (Å²) < 4.78 is 18.9. The molecule has 0 bridgehead atoms. The van der Waals surface area contributed by atoms with Crippen molar-refractivity contribution >= 4 is 17.6 Å². The summed E-state index contributed by atoms with van der Waals surface area (Å²) in [5.41, 5.74) is 0.213. The van der Waals surface area contributed by atoms with Crippen molar-refractivity contribution in [3.05, 3.63) is 58.6 Å². The molecule has 0 aliphatic rings. The maximum absolute atomic E-state index is 13.6. The van der Waals surface area contributed by atoms with E-state index >= 15 is 0 Å². The lowest BCUT2D eigenvalue weighted by atomic mass is 10.2. The van der Waals surface area contributed by atoms with E-state index in [9.17, 15) is 9.18 Å². The first-order valence-electron chi connectivity index (χ1n) is 5.32. The fourth-order valence-electron chi connectivity index (χ4n) is 1.49. The SMILES string of the molecule is O=C(O)c1ccncc1OCc1cccc(Cl)c1F. The van der Waals surface area contributed by atoms with E-state index in [-0.39, 0.29) is 28.5 Å². The molecule has 6 heteroatoms. The van der Waals surface area contributed by atoms with Gasteiger partial charge in [0.2, 0.25) is 0 Å². The van der Waals surface area contributed by atoms with Crippen LogP contribution in [0.1, 0.15) is 15.9 Å². The summed E-state index contributed by atoms with van der Waals surface area (Å²) in [6, 6.07) is 5.84. The first kappa shape index (κ1) is 13.3. The zero-order valence-electron chi connectivity index (χ0n) is 9.64. The van der Waals surface area contributed by atoms with Crippen LogP contribution in [0.15, 0.2) is 36.7 Å². The number of carboxylic acids is 1. The number of aromatic carboxylic acids is 1. The van der Waals surface area contributed by atoms with Crippen molar-refractivity contribution in [2.24, 2.45) is 0 Å². The maximum Gasteiger partial charge on any atom is 0.339 e. The van der Waals surface area contributed by atoms with Crippen molar-refractivity contribution in [3.63, 3.8) is 0 Å². The van der Waals surface area contributed by atoms with E-state index in [0.717, 1.165) is 0 Å². The van der Waals surface area contributed by atoms with Crippen LogP contribution in [0.2, 0.25) is 5.02 Å². The van der Waals surface area contributed by atoms with Gasteiger partial charge in [0.05, 0.1) is 11.2 Å². The molecule has 4 nitrogen and oxygen atoms in total. The molecule has 0 spiro atoms. The third-order valence-corrected chi connectivity index (χ3v) is 2.72. The van der Waals surface area contributed by atoms with E-state index in [1.54, 1.807) is 6.07 Å². The van der Waals surface area contributed by atoms with Crippen molar-refractivity contribution < 1.29 is 19.0 Å². The van der Waals surface area contributed by atoms with Crippen LogP contribution >= 0.6 is 11.6 Å². The lowest BCUT2D eigenvalue weighted by Crippen LogP contribution is -2.05. The molecule has 0 aliphatic carbocycles. The Kier molecular flexibility index (Phi) is 3.97. The summed E-state index contributed by atoms with van der Waals surface area (Å²) in [7, 11) is 0. The Bertz CT molecular complexity index is 619. The van der Waals surface area contributed by atoms with Gasteiger partial charge in [0, 0.05) is 11.8 Å². The molecule has 0 unspecified atom stereocenters. The van der Waals surface area contributed by atoms with Gasteiger partial charge in [-0.2, -0.15) is 0 Å². The predicted octanol–water partition coefficient (Wildman–Crippen LogP) is 3.15. The monoisotopic (exact) mass is 281 g/mol. The summed E-state index contributed by atoms with van der Waals surface area (Å²) in [6.45, 7) is -0.127. The van der Waals surface area contributed by atoms with Crippen LogP contribution in [0.5, 0.6) is 5.75 Å². The summed E-state index contributed by atoms with van der Waals surface area (Å²) in [5.74, 6) is -1.64. The molecular weight excluding hydrogens is 273 g/mol. The minimum Gasteiger partial charge on any atom is -0.486 e. The molecule has 0 amide bonds. The molecule has 0 radical (unpaired) electrons. The largest absolute Gasteiger partial charge is 0.486 e. The normalized spacial score (nSPS) is 10.2. The number of rotatable bonds is 4. The fourth-order valence-corrected chi connectivity index (χ4v) is 1.68. The van der Waals surface area contributed by atoms with Crippen LogP contribution in [0, 0.1) is 5.82 Å². The number of pyridine rings is 1. The Morgan fingerprint density at radius 1 is 1.42 bits per heavy atom. The minimum atomic E-state index is -1.14. The van der Waals surface area contributed by atoms with Gasteiger partial charge in [0.15, 0.2) is 5.75 Å². The summed E-state index contributed by atoms with van der Waals surface area (Å²) in [6.07, 6.45) is 2.61. The minimum absolute atomic E-state index is 0.00857. The Morgan fingerprint density at radius 3 is 2.95 bits per heavy atom. The van der Waals surface area contributed by atoms with Gasteiger partial charge < -0.3 is 9.84 Å². The van der Waals surface area contributed by atoms with E-state index in [0.29, 0.717) is 0 Å². The molecule has 1 aromatic carbocycles. The molecule has 2 rings (SSSR count). The van der Waals surface area contributed by atoms with Crippen LogP contribution in [-0.2, 0) is 6.61 Å². The Morgan fingerprint density at radius 2 is 2.21 bits per heavy atom. The number of benzene rings is 1. The number of halogens is 2. The number of aromatic nitrogens is 1. The number of ether oxygens (including phenoxy) is 1. The molecular formula is C13H9ClFNO3. The predicted molar refractivity (Wildman–Crippen MR) is 66.9 cm³/mol. The second-order valence-corrected chi connectivity index (χ2v) is 4.09. The average molecular weight is 282 g/mol. The van der Waals surface area contributed by atoms with Crippen LogP contribution in [0.3, 0.4) is 0 Å². The number of nitrogens with zero attached hydrogens (tertiary/aromatic N) is 1. The number of carboxylic acid groups (broad SMARTS) is 1. The summed E-state index contributed by atoms with van der Waals surface area (Å²) >= 11 is 5.64. The van der Waals surface area contributed by atoms with E-state index in [4.69, 9.17) is 21.4 Å². The average Bonchev–Trinajstić information content (AvgIpc) is 2.40. The van der Waals surface area contributed by atoms with Crippen LogP contribution in [-0.4, -0.2) is 16.1 Å². The van der Waals surface area contributed by atoms with Gasteiger partial charge in [0.1, 0.15) is 18.0 Å². The number of hydrogen-bond acceptors (Lipinski definition) is 3.